The first-order chi connectivity index (χ1) is 17.1. The molecule has 8 heteroatoms. The summed E-state index contributed by atoms with van der Waals surface area (Å²) in [6.07, 6.45) is 2.33. The van der Waals surface area contributed by atoms with E-state index in [0.29, 0.717) is 6.61 Å². The highest BCUT2D eigenvalue weighted by Gasteiger charge is 2.46. The maximum atomic E-state index is 11.8. The van der Waals surface area contributed by atoms with Crippen LogP contribution in [0.15, 0.2) is 78.0 Å². The van der Waals surface area contributed by atoms with Gasteiger partial charge in [-0.3, -0.25) is 0 Å². The minimum absolute atomic E-state index is 0.0420. The van der Waals surface area contributed by atoms with Crippen LogP contribution in [-0.2, 0) is 34.9 Å². The molecule has 0 aliphatic carbocycles. The number of benzene rings is 2. The van der Waals surface area contributed by atoms with E-state index in [4.69, 9.17) is 23.5 Å². The molecule has 4 atom stereocenters. The third kappa shape index (κ3) is 7.61. The fourth-order valence-electron chi connectivity index (χ4n) is 3.39. The van der Waals surface area contributed by atoms with Gasteiger partial charge in [-0.1, -0.05) is 86.6 Å². The van der Waals surface area contributed by atoms with Gasteiger partial charge in [0.25, 0.3) is 0 Å². The molecule has 1 fully saturated rings. The summed E-state index contributed by atoms with van der Waals surface area (Å²) in [5.41, 5.74) is 1.89. The number of hydrogen-bond donors (Lipinski definition) is 0. The van der Waals surface area contributed by atoms with Crippen LogP contribution in [0.1, 0.15) is 38.2 Å². The monoisotopic (exact) mass is 511 g/mol. The lowest BCUT2D eigenvalue weighted by Gasteiger charge is -2.39. The van der Waals surface area contributed by atoms with Crippen molar-refractivity contribution in [2.45, 2.75) is 70.1 Å². The van der Waals surface area contributed by atoms with Gasteiger partial charge in [0.15, 0.2) is 14.6 Å². The number of oxime groups is 1. The molecule has 0 unspecified atom stereocenters. The molecule has 0 spiro atoms. The van der Waals surface area contributed by atoms with Crippen molar-refractivity contribution in [2.75, 3.05) is 7.11 Å². The summed E-state index contributed by atoms with van der Waals surface area (Å²) in [5, 5.41) is 4.20. The van der Waals surface area contributed by atoms with Crippen molar-refractivity contribution in [3.8, 4) is 0 Å². The van der Waals surface area contributed by atoms with E-state index in [0.717, 1.165) is 11.1 Å². The Morgan fingerprint density at radius 1 is 1.06 bits per heavy atom. The number of nitrogens with zero attached hydrogens (tertiary/aromatic N) is 1. The van der Waals surface area contributed by atoms with Gasteiger partial charge in [-0.15, -0.1) is 0 Å². The first-order valence-electron chi connectivity index (χ1n) is 12.1. The topological polar surface area (TPSA) is 75.6 Å². The van der Waals surface area contributed by atoms with E-state index in [1.807, 2.05) is 60.7 Å². The quantitative estimate of drug-likeness (QED) is 0.132. The molecule has 0 saturated carbocycles. The zero-order chi connectivity index (χ0) is 26.2. The molecule has 2 aromatic carbocycles. The molecule has 7 nitrogen and oxygen atoms in total. The van der Waals surface area contributed by atoms with Crippen LogP contribution in [0, 0.1) is 0 Å². The van der Waals surface area contributed by atoms with Crippen molar-refractivity contribution in [3.63, 3.8) is 0 Å². The number of carbonyl (C=O) groups excluding carboxylic acids is 1. The van der Waals surface area contributed by atoms with Gasteiger partial charge in [-0.25, -0.2) is 4.79 Å². The third-order valence-corrected chi connectivity index (χ3v) is 11.0. The van der Waals surface area contributed by atoms with Crippen LogP contribution in [0.3, 0.4) is 0 Å². The molecule has 1 heterocycles. The second-order valence-electron chi connectivity index (χ2n) is 10.2. The minimum Gasteiger partial charge on any atom is -0.466 e. The Hall–Kier alpha value is -2.78. The molecular weight excluding hydrogens is 474 g/mol. The summed E-state index contributed by atoms with van der Waals surface area (Å²) in [5.74, 6) is -0.470. The molecule has 0 N–H and O–H groups in total. The number of methoxy groups -OCH3 is 1. The second-order valence-corrected chi connectivity index (χ2v) is 14.9. The Morgan fingerprint density at radius 2 is 1.69 bits per heavy atom. The molecular formula is C28H37NO6Si. The summed E-state index contributed by atoms with van der Waals surface area (Å²) >= 11 is 0. The van der Waals surface area contributed by atoms with Crippen LogP contribution in [0.4, 0.5) is 0 Å². The van der Waals surface area contributed by atoms with E-state index in [1.54, 1.807) is 12.3 Å². The lowest BCUT2D eigenvalue weighted by molar-refractivity contribution is -0.134. The van der Waals surface area contributed by atoms with Gasteiger partial charge < -0.3 is 23.5 Å². The number of ether oxygens (including phenoxy) is 3. The van der Waals surface area contributed by atoms with E-state index in [2.05, 4.69) is 39.0 Å². The molecule has 0 radical (unpaired) electrons. The van der Waals surface area contributed by atoms with Crippen molar-refractivity contribution < 1.29 is 28.3 Å². The van der Waals surface area contributed by atoms with Crippen molar-refractivity contribution in [2.24, 2.45) is 5.16 Å². The van der Waals surface area contributed by atoms with Gasteiger partial charge in [0.2, 0.25) is 0 Å². The van der Waals surface area contributed by atoms with E-state index in [-0.39, 0.29) is 5.04 Å². The standard InChI is InChI=1S/C28H37NO6Si/c1-28(2,3)36(5,6)35-24(19-29-32-20-21-13-9-7-10-14-21)26-23(17-18-25(30)31-4)33-27(34-26)22-15-11-8-12-16-22/h7-19,23-24,26-27H,20H2,1-6H3/b18-17+,29-19+/t23-,24+,26-,27-/m1/s1. The van der Waals surface area contributed by atoms with Crippen LogP contribution in [-0.4, -0.2) is 45.9 Å². The normalized spacial score (nSPS) is 21.7. The summed E-state index contributed by atoms with van der Waals surface area (Å²) < 4.78 is 24.1. The fourth-order valence-corrected chi connectivity index (χ4v) is 4.62. The van der Waals surface area contributed by atoms with Crippen LogP contribution in [0.25, 0.3) is 0 Å². The summed E-state index contributed by atoms with van der Waals surface area (Å²) in [6, 6.07) is 19.5. The van der Waals surface area contributed by atoms with Gasteiger partial charge in [0, 0.05) is 11.6 Å². The molecule has 2 aromatic rings. The number of esters is 1. The van der Waals surface area contributed by atoms with E-state index < -0.39 is 38.9 Å². The van der Waals surface area contributed by atoms with Crippen molar-refractivity contribution in [1.29, 1.82) is 0 Å². The lowest BCUT2D eigenvalue weighted by Crippen LogP contribution is -2.49. The van der Waals surface area contributed by atoms with Gasteiger partial charge in [-0.2, -0.15) is 0 Å². The third-order valence-electron chi connectivity index (χ3n) is 6.50. The molecule has 0 aromatic heterocycles. The van der Waals surface area contributed by atoms with Gasteiger partial charge in [0.1, 0.15) is 24.9 Å². The fraction of sp³-hybridized carbons (Fsp3) is 0.429. The Balaban J connectivity index is 1.87. The van der Waals surface area contributed by atoms with E-state index in [9.17, 15) is 4.79 Å². The molecule has 1 aliphatic rings. The molecule has 3 rings (SSSR count). The minimum atomic E-state index is -2.24. The average Bonchev–Trinajstić information content (AvgIpc) is 3.29. The number of rotatable bonds is 10. The van der Waals surface area contributed by atoms with Crippen LogP contribution in [0.2, 0.25) is 18.1 Å². The maximum absolute atomic E-state index is 11.8. The number of hydrogen-bond acceptors (Lipinski definition) is 7. The molecule has 1 saturated heterocycles. The Labute approximate surface area is 215 Å². The summed E-state index contributed by atoms with van der Waals surface area (Å²) in [6.45, 7) is 11.2. The van der Waals surface area contributed by atoms with Gasteiger partial charge >= 0.3 is 5.97 Å². The van der Waals surface area contributed by atoms with Crippen LogP contribution >= 0.6 is 0 Å². The summed E-state index contributed by atoms with van der Waals surface area (Å²) in [4.78, 5) is 17.4. The highest BCUT2D eigenvalue weighted by Crippen LogP contribution is 2.40. The molecule has 0 bridgehead atoms. The van der Waals surface area contributed by atoms with Crippen LogP contribution < -0.4 is 0 Å². The summed E-state index contributed by atoms with van der Waals surface area (Å²) in [7, 11) is -0.904. The van der Waals surface area contributed by atoms with Crippen molar-refractivity contribution >= 4 is 20.5 Å². The SMILES string of the molecule is COC(=O)/C=C/[C@H]1O[C@@H](c2ccccc2)O[C@H]1[C@H](/C=N/OCc1ccccc1)O[Si](C)(C)C(C)(C)C. The van der Waals surface area contributed by atoms with Crippen molar-refractivity contribution in [3.05, 3.63) is 83.9 Å². The number of carbonyl (C=O) groups is 1. The molecule has 36 heavy (non-hydrogen) atoms. The first-order valence-corrected chi connectivity index (χ1v) is 15.0. The van der Waals surface area contributed by atoms with Gasteiger partial charge in [0.05, 0.1) is 13.3 Å². The van der Waals surface area contributed by atoms with Crippen LogP contribution in [0.5, 0.6) is 0 Å². The zero-order valence-corrected chi connectivity index (χ0v) is 22.9. The van der Waals surface area contributed by atoms with E-state index >= 15 is 0 Å². The Bertz CT molecular complexity index is 1020. The zero-order valence-electron chi connectivity index (χ0n) is 21.9. The Kier molecular flexibility index (Phi) is 9.61. The highest BCUT2D eigenvalue weighted by atomic mass is 28.4. The van der Waals surface area contributed by atoms with Gasteiger partial charge in [-0.05, 0) is 29.8 Å². The highest BCUT2D eigenvalue weighted by molar-refractivity contribution is 6.74. The smallest absolute Gasteiger partial charge is 0.330 e. The average molecular weight is 512 g/mol. The van der Waals surface area contributed by atoms with Crippen molar-refractivity contribution in [1.82, 2.24) is 0 Å². The van der Waals surface area contributed by atoms with E-state index in [1.165, 1.54) is 13.2 Å². The lowest BCUT2D eigenvalue weighted by atomic mass is 10.1. The predicted molar refractivity (Wildman–Crippen MR) is 142 cm³/mol. The first kappa shape index (κ1) is 27.8. The predicted octanol–water partition coefficient (Wildman–Crippen LogP) is 5.79. The molecule has 1 aliphatic heterocycles. The molecule has 194 valence electrons. The largest absolute Gasteiger partial charge is 0.466 e. The second kappa shape index (κ2) is 12.4. The molecule has 0 amide bonds. The maximum Gasteiger partial charge on any atom is 0.330 e. The Morgan fingerprint density at radius 3 is 2.31 bits per heavy atom.